The van der Waals surface area contributed by atoms with Crippen molar-refractivity contribution in [2.24, 2.45) is 0 Å². The van der Waals surface area contributed by atoms with Crippen LogP contribution in [0.25, 0.3) is 0 Å². The summed E-state index contributed by atoms with van der Waals surface area (Å²) >= 11 is 3.61. The molecule has 0 N–H and O–H groups in total. The second-order valence-corrected chi connectivity index (χ2v) is 6.22. The quantitative estimate of drug-likeness (QED) is 0.785. The first-order valence-electron chi connectivity index (χ1n) is 7.15. The molecule has 1 aliphatic carbocycles. The Morgan fingerprint density at radius 2 is 1.91 bits per heavy atom. The Morgan fingerprint density at radius 3 is 2.50 bits per heavy atom. The molecule has 0 unspecified atom stereocenters. The molecular formula is C18H16BrNO2. The SMILES string of the molecule is COc1ccc(C2(C#N)CC2)c(Br)c1OCc1ccccc1. The number of ether oxygens (including phenoxy) is 2. The van der Waals surface area contributed by atoms with Crippen LogP contribution in [0.2, 0.25) is 0 Å². The van der Waals surface area contributed by atoms with Crippen LogP contribution in [0.15, 0.2) is 46.9 Å². The number of methoxy groups -OCH3 is 1. The number of hydrogen-bond donors (Lipinski definition) is 0. The van der Waals surface area contributed by atoms with Crippen molar-refractivity contribution in [1.29, 1.82) is 5.26 Å². The monoisotopic (exact) mass is 357 g/mol. The van der Waals surface area contributed by atoms with Gasteiger partial charge in [0.05, 0.1) is 23.1 Å². The number of halogens is 1. The molecule has 0 amide bonds. The molecule has 0 aliphatic heterocycles. The smallest absolute Gasteiger partial charge is 0.176 e. The molecular weight excluding hydrogens is 342 g/mol. The van der Waals surface area contributed by atoms with Crippen LogP contribution >= 0.6 is 15.9 Å². The fourth-order valence-corrected chi connectivity index (χ4v) is 3.32. The summed E-state index contributed by atoms with van der Waals surface area (Å²) in [5.41, 5.74) is 1.71. The Morgan fingerprint density at radius 1 is 1.18 bits per heavy atom. The largest absolute Gasteiger partial charge is 0.493 e. The van der Waals surface area contributed by atoms with Gasteiger partial charge in [-0.25, -0.2) is 0 Å². The minimum Gasteiger partial charge on any atom is -0.493 e. The molecule has 1 aliphatic rings. The van der Waals surface area contributed by atoms with Gasteiger partial charge in [0.1, 0.15) is 6.61 Å². The third kappa shape index (κ3) is 2.69. The summed E-state index contributed by atoms with van der Waals surface area (Å²) in [6, 6.07) is 16.2. The highest BCUT2D eigenvalue weighted by Gasteiger charge is 2.46. The molecule has 0 atom stereocenters. The lowest BCUT2D eigenvalue weighted by Crippen LogP contribution is -2.06. The molecule has 1 fully saturated rings. The molecule has 2 aromatic rings. The third-order valence-corrected chi connectivity index (χ3v) is 4.77. The molecule has 4 heteroatoms. The van der Waals surface area contributed by atoms with Crippen LogP contribution in [0.5, 0.6) is 11.5 Å². The standard InChI is InChI=1S/C18H16BrNO2/c1-21-15-8-7-14(18(12-20)9-10-18)16(19)17(15)22-11-13-5-3-2-4-6-13/h2-8H,9-11H2,1H3. The highest BCUT2D eigenvalue weighted by molar-refractivity contribution is 9.10. The summed E-state index contributed by atoms with van der Waals surface area (Å²) < 4.78 is 12.2. The Bertz CT molecular complexity index is 718. The highest BCUT2D eigenvalue weighted by atomic mass is 79.9. The molecule has 3 rings (SSSR count). The van der Waals surface area contributed by atoms with Crippen molar-refractivity contribution in [2.45, 2.75) is 24.9 Å². The Labute approximate surface area is 138 Å². The average molecular weight is 358 g/mol. The maximum absolute atomic E-state index is 9.42. The Hall–Kier alpha value is -1.99. The lowest BCUT2D eigenvalue weighted by molar-refractivity contribution is 0.282. The fourth-order valence-electron chi connectivity index (χ4n) is 2.50. The van der Waals surface area contributed by atoms with Gasteiger partial charge in [-0.05, 0) is 46.0 Å². The van der Waals surface area contributed by atoms with Crippen molar-refractivity contribution < 1.29 is 9.47 Å². The zero-order chi connectivity index (χ0) is 15.6. The molecule has 1 saturated carbocycles. The normalized spacial score (nSPS) is 15.0. The summed E-state index contributed by atoms with van der Waals surface area (Å²) in [6.07, 6.45) is 1.79. The molecule has 3 nitrogen and oxygen atoms in total. The van der Waals surface area contributed by atoms with Gasteiger partial charge in [0.15, 0.2) is 11.5 Å². The van der Waals surface area contributed by atoms with Crippen molar-refractivity contribution in [1.82, 2.24) is 0 Å². The van der Waals surface area contributed by atoms with Gasteiger partial charge in [-0.15, -0.1) is 0 Å². The van der Waals surface area contributed by atoms with Crippen LogP contribution < -0.4 is 9.47 Å². The van der Waals surface area contributed by atoms with Crippen molar-refractivity contribution in [3.05, 3.63) is 58.1 Å². The summed E-state index contributed by atoms with van der Waals surface area (Å²) in [5, 5.41) is 9.42. The zero-order valence-electron chi connectivity index (χ0n) is 12.3. The number of rotatable bonds is 5. The van der Waals surface area contributed by atoms with Crippen molar-refractivity contribution in [3.63, 3.8) is 0 Å². The van der Waals surface area contributed by atoms with Gasteiger partial charge in [0.2, 0.25) is 0 Å². The highest BCUT2D eigenvalue weighted by Crippen LogP contribution is 2.53. The lowest BCUT2D eigenvalue weighted by Gasteiger charge is -2.17. The Balaban J connectivity index is 1.92. The van der Waals surface area contributed by atoms with E-state index in [1.54, 1.807) is 7.11 Å². The first-order chi connectivity index (χ1) is 10.7. The topological polar surface area (TPSA) is 42.2 Å². The molecule has 112 valence electrons. The first-order valence-corrected chi connectivity index (χ1v) is 7.94. The minimum atomic E-state index is -0.365. The van der Waals surface area contributed by atoms with Crippen LogP contribution in [0.1, 0.15) is 24.0 Å². The van der Waals surface area contributed by atoms with E-state index in [9.17, 15) is 5.26 Å². The van der Waals surface area contributed by atoms with Crippen LogP contribution in [-0.4, -0.2) is 7.11 Å². The fraction of sp³-hybridized carbons (Fsp3) is 0.278. The molecule has 0 saturated heterocycles. The molecule has 0 heterocycles. The van der Waals surface area contributed by atoms with Gasteiger partial charge in [0.25, 0.3) is 0 Å². The van der Waals surface area contributed by atoms with Crippen LogP contribution in [-0.2, 0) is 12.0 Å². The Kier molecular flexibility index (Phi) is 4.08. The second-order valence-electron chi connectivity index (χ2n) is 5.43. The first kappa shape index (κ1) is 14.9. The predicted molar refractivity (Wildman–Crippen MR) is 88.0 cm³/mol. The predicted octanol–water partition coefficient (Wildman–Crippen LogP) is 4.59. The average Bonchev–Trinajstić information content (AvgIpc) is 3.35. The molecule has 0 aromatic heterocycles. The maximum atomic E-state index is 9.42. The van der Waals surface area contributed by atoms with Crippen molar-refractivity contribution in [2.75, 3.05) is 7.11 Å². The van der Waals surface area contributed by atoms with Crippen molar-refractivity contribution in [3.8, 4) is 17.6 Å². The molecule has 0 spiro atoms. The van der Waals surface area contributed by atoms with E-state index in [2.05, 4.69) is 22.0 Å². The summed E-state index contributed by atoms with van der Waals surface area (Å²) in [6.45, 7) is 0.457. The molecule has 0 bridgehead atoms. The van der Waals surface area contributed by atoms with Gasteiger partial charge in [0, 0.05) is 0 Å². The number of nitrogens with zero attached hydrogens (tertiary/aromatic N) is 1. The van der Waals surface area contributed by atoms with Gasteiger partial charge in [-0.2, -0.15) is 5.26 Å². The van der Waals surface area contributed by atoms with E-state index in [4.69, 9.17) is 9.47 Å². The number of hydrogen-bond acceptors (Lipinski definition) is 3. The van der Waals surface area contributed by atoms with E-state index in [0.29, 0.717) is 18.1 Å². The van der Waals surface area contributed by atoms with Gasteiger partial charge >= 0.3 is 0 Å². The van der Waals surface area contributed by atoms with E-state index in [0.717, 1.165) is 28.4 Å². The third-order valence-electron chi connectivity index (χ3n) is 3.99. The summed E-state index contributed by atoms with van der Waals surface area (Å²) in [5.74, 6) is 1.32. The number of benzene rings is 2. The van der Waals surface area contributed by atoms with E-state index in [1.165, 1.54) is 0 Å². The maximum Gasteiger partial charge on any atom is 0.176 e. The van der Waals surface area contributed by atoms with E-state index < -0.39 is 0 Å². The van der Waals surface area contributed by atoms with Crippen LogP contribution in [0, 0.1) is 11.3 Å². The zero-order valence-corrected chi connectivity index (χ0v) is 13.9. The van der Waals surface area contributed by atoms with Gasteiger partial charge in [-0.1, -0.05) is 36.4 Å². The minimum absolute atomic E-state index is 0.365. The summed E-state index contributed by atoms with van der Waals surface area (Å²) in [7, 11) is 1.62. The van der Waals surface area contributed by atoms with E-state index in [1.807, 2.05) is 42.5 Å². The summed E-state index contributed by atoms with van der Waals surface area (Å²) in [4.78, 5) is 0. The molecule has 22 heavy (non-hydrogen) atoms. The van der Waals surface area contributed by atoms with E-state index >= 15 is 0 Å². The molecule has 2 aromatic carbocycles. The lowest BCUT2D eigenvalue weighted by atomic mass is 9.97. The number of nitriles is 1. The molecule has 0 radical (unpaired) electrons. The second kappa shape index (κ2) is 6.02. The van der Waals surface area contributed by atoms with Gasteiger partial charge in [-0.3, -0.25) is 0 Å². The van der Waals surface area contributed by atoms with Crippen LogP contribution in [0.3, 0.4) is 0 Å². The van der Waals surface area contributed by atoms with Crippen LogP contribution in [0.4, 0.5) is 0 Å². The van der Waals surface area contributed by atoms with Gasteiger partial charge < -0.3 is 9.47 Å². The van der Waals surface area contributed by atoms with Crippen molar-refractivity contribution >= 4 is 15.9 Å². The van der Waals surface area contributed by atoms with E-state index in [-0.39, 0.29) is 5.41 Å².